The highest BCUT2D eigenvalue weighted by atomic mass is 79.9. The van der Waals surface area contributed by atoms with Crippen LogP contribution in [0.5, 0.6) is 0 Å². The molecule has 0 aliphatic carbocycles. The summed E-state index contributed by atoms with van der Waals surface area (Å²) in [5.41, 5.74) is 16.3. The highest BCUT2D eigenvalue weighted by Crippen LogP contribution is 2.33. The Morgan fingerprint density at radius 2 is 0.950 bits per heavy atom. The van der Waals surface area contributed by atoms with Crippen LogP contribution in [0.2, 0.25) is 20.1 Å². The highest BCUT2D eigenvalue weighted by Gasteiger charge is 2.27. The van der Waals surface area contributed by atoms with Gasteiger partial charge in [-0.25, -0.2) is 9.97 Å². The summed E-state index contributed by atoms with van der Waals surface area (Å²) in [4.78, 5) is 8.96. The summed E-state index contributed by atoms with van der Waals surface area (Å²) in [5, 5.41) is 4.15. The molecule has 0 atom stereocenters. The number of rotatable bonds is 4. The van der Waals surface area contributed by atoms with Crippen molar-refractivity contribution in [3.63, 3.8) is 0 Å². The summed E-state index contributed by atoms with van der Waals surface area (Å²) in [7, 11) is 0. The van der Waals surface area contributed by atoms with Crippen molar-refractivity contribution in [3.8, 4) is 0 Å². The molecule has 6 N–H and O–H groups in total. The summed E-state index contributed by atoms with van der Waals surface area (Å²) in [6, 6.07) is 11.2. The molecule has 0 amide bonds. The van der Waals surface area contributed by atoms with E-state index in [-0.39, 0.29) is 44.8 Å². The van der Waals surface area contributed by atoms with Crippen LogP contribution in [-0.4, -0.2) is 0 Å². The normalized spacial score (nSPS) is 11.2. The number of benzene rings is 2. The van der Waals surface area contributed by atoms with Crippen molar-refractivity contribution in [2.45, 2.75) is 65.2 Å². The third-order valence-corrected chi connectivity index (χ3v) is 8.76. The molecule has 0 bridgehead atoms. The van der Waals surface area contributed by atoms with Crippen molar-refractivity contribution in [3.05, 3.63) is 88.8 Å². The molecule has 40 heavy (non-hydrogen) atoms. The molecule has 4 nitrogen and oxygen atoms in total. The number of aromatic nitrogens is 2. The Morgan fingerprint density at radius 3 is 1.23 bits per heavy atom. The molecule has 2 heterocycles. The second kappa shape index (κ2) is 15.2. The first-order valence-electron chi connectivity index (χ1n) is 12.0. The lowest BCUT2D eigenvalue weighted by Gasteiger charge is -2.15. The van der Waals surface area contributed by atoms with Crippen LogP contribution in [0.25, 0.3) is 0 Å². The number of halogens is 6. The van der Waals surface area contributed by atoms with Crippen LogP contribution in [0.4, 0.5) is 10.3 Å². The monoisotopic (exact) mass is 788 g/mol. The van der Waals surface area contributed by atoms with Crippen LogP contribution in [0.1, 0.15) is 73.8 Å². The Bertz CT molecular complexity index is 1320. The van der Waals surface area contributed by atoms with Gasteiger partial charge in [0, 0.05) is 43.8 Å². The number of nitrogen functional groups attached to an aromatic ring is 2. The minimum Gasteiger partial charge on any atom is -1.00 e. The third kappa shape index (κ3) is 10.3. The minimum atomic E-state index is 0. The molecule has 0 aliphatic heterocycles. The molecule has 0 aliphatic rings. The fourth-order valence-electron chi connectivity index (χ4n) is 3.94. The minimum absolute atomic E-state index is 0. The van der Waals surface area contributed by atoms with E-state index >= 15 is 0 Å². The average Bonchev–Trinajstić information content (AvgIpc) is 3.34. The molecule has 0 spiro atoms. The number of anilines is 2. The fourth-order valence-corrected chi connectivity index (χ4v) is 7.10. The van der Waals surface area contributed by atoms with Crippen LogP contribution >= 0.6 is 69.1 Å². The maximum absolute atomic E-state index is 6.23. The van der Waals surface area contributed by atoms with Gasteiger partial charge in [0.2, 0.25) is 0 Å². The Hall–Kier alpha value is -0.580. The Kier molecular flexibility index (Phi) is 14.3. The van der Waals surface area contributed by atoms with Gasteiger partial charge in [-0.3, -0.25) is 11.5 Å². The number of hydrogen-bond acceptors (Lipinski definition) is 4. The van der Waals surface area contributed by atoms with Crippen molar-refractivity contribution in [2.75, 3.05) is 11.5 Å². The lowest BCUT2D eigenvalue weighted by atomic mass is 9.90. The van der Waals surface area contributed by atoms with E-state index < -0.39 is 0 Å². The van der Waals surface area contributed by atoms with Gasteiger partial charge >= 0.3 is 10.3 Å². The molecule has 220 valence electrons. The van der Waals surface area contributed by atoms with Gasteiger partial charge in [0.15, 0.2) is 0 Å². The van der Waals surface area contributed by atoms with Gasteiger partial charge in [0.1, 0.15) is 11.4 Å². The first-order chi connectivity index (χ1) is 17.5. The van der Waals surface area contributed by atoms with Crippen LogP contribution in [-0.2, 0) is 23.7 Å². The maximum Gasteiger partial charge on any atom is 0.329 e. The standard InChI is InChI=1S/2C14H16Cl2N2S.2BrH/c2*1-14(2,3)12-11(19-13(17)18-12)6-8-4-5-9(15)7-10(8)16;;/h2*4-5,7H,6H2,1-3H3,(H2,17,18);2*1H. The second-order valence-corrected chi connectivity index (χ2v) is 15.1. The molecular formula is C28H34Br2Cl4N4S2. The van der Waals surface area contributed by atoms with Gasteiger partial charge < -0.3 is 34.0 Å². The number of nitrogens with two attached hydrogens (primary N) is 2. The van der Waals surface area contributed by atoms with Crippen molar-refractivity contribution in [1.82, 2.24) is 0 Å². The first-order valence-corrected chi connectivity index (χ1v) is 15.2. The van der Waals surface area contributed by atoms with E-state index in [1.54, 1.807) is 34.8 Å². The smallest absolute Gasteiger partial charge is 0.329 e. The second-order valence-electron chi connectivity index (χ2n) is 11.1. The molecule has 0 radical (unpaired) electrons. The number of nitrogens with one attached hydrogen (secondary N) is 2. The van der Waals surface area contributed by atoms with Gasteiger partial charge in [-0.15, -0.1) is 0 Å². The largest absolute Gasteiger partial charge is 1.00 e. The van der Waals surface area contributed by atoms with E-state index in [4.69, 9.17) is 57.9 Å². The SMILES string of the molecule is CC(C)(C)c1[nH+]c(N)sc1Cc1ccc(Cl)cc1Cl.CC(C)(C)c1[nH+]c(N)sc1Cc1ccc(Cl)cc1Cl.[Br-].[Br-]. The van der Waals surface area contributed by atoms with Crippen molar-refractivity contribution in [1.29, 1.82) is 0 Å². The van der Waals surface area contributed by atoms with E-state index in [2.05, 4.69) is 51.5 Å². The molecule has 12 heteroatoms. The lowest BCUT2D eigenvalue weighted by molar-refractivity contribution is -0.374. The first kappa shape index (κ1) is 37.4. The summed E-state index contributed by atoms with van der Waals surface area (Å²) >= 11 is 27.5. The van der Waals surface area contributed by atoms with Crippen LogP contribution in [0.3, 0.4) is 0 Å². The van der Waals surface area contributed by atoms with Crippen molar-refractivity contribution >= 4 is 79.3 Å². The quantitative estimate of drug-likeness (QED) is 0.334. The van der Waals surface area contributed by atoms with Gasteiger partial charge in [-0.05, 0) is 35.4 Å². The molecule has 4 aromatic rings. The predicted octanol–water partition coefficient (Wildman–Crippen LogP) is 2.69. The van der Waals surface area contributed by atoms with E-state index in [1.165, 1.54) is 21.1 Å². The Morgan fingerprint density at radius 1 is 0.625 bits per heavy atom. The maximum atomic E-state index is 6.23. The van der Waals surface area contributed by atoms with Crippen molar-refractivity contribution < 1.29 is 43.9 Å². The highest BCUT2D eigenvalue weighted by molar-refractivity contribution is 7.15. The number of thiazole rings is 2. The van der Waals surface area contributed by atoms with Crippen molar-refractivity contribution in [2.24, 2.45) is 0 Å². The zero-order chi connectivity index (χ0) is 28.4. The van der Waals surface area contributed by atoms with Gasteiger partial charge in [0.25, 0.3) is 0 Å². The van der Waals surface area contributed by atoms with Crippen LogP contribution < -0.4 is 55.4 Å². The Balaban J connectivity index is 0.000000381. The van der Waals surface area contributed by atoms with E-state index in [0.717, 1.165) is 34.2 Å². The topological polar surface area (TPSA) is 80.3 Å². The lowest BCUT2D eigenvalue weighted by Crippen LogP contribution is -3.00. The molecular weight excluding hydrogens is 758 g/mol. The van der Waals surface area contributed by atoms with E-state index in [1.807, 2.05) is 24.3 Å². The summed E-state index contributed by atoms with van der Waals surface area (Å²) < 4.78 is 0. The summed E-state index contributed by atoms with van der Waals surface area (Å²) in [6.45, 7) is 13.0. The van der Waals surface area contributed by atoms with Gasteiger partial charge in [-0.1, -0.05) is 123 Å². The number of hydrogen-bond donors (Lipinski definition) is 2. The van der Waals surface area contributed by atoms with Gasteiger partial charge in [-0.2, -0.15) is 0 Å². The summed E-state index contributed by atoms with van der Waals surface area (Å²) in [6.07, 6.45) is 1.53. The molecule has 2 aromatic carbocycles. The van der Waals surface area contributed by atoms with Crippen LogP contribution in [0, 0.1) is 0 Å². The molecule has 0 saturated heterocycles. The van der Waals surface area contributed by atoms with Crippen LogP contribution in [0.15, 0.2) is 36.4 Å². The predicted molar refractivity (Wildman–Crippen MR) is 167 cm³/mol. The fraction of sp³-hybridized carbons (Fsp3) is 0.357. The molecule has 0 unspecified atom stereocenters. The zero-order valence-electron chi connectivity index (χ0n) is 23.1. The average molecular weight is 792 g/mol. The zero-order valence-corrected chi connectivity index (χ0v) is 30.9. The molecule has 2 aromatic heterocycles. The summed E-state index contributed by atoms with van der Waals surface area (Å²) in [5.74, 6) is 0. The third-order valence-electron chi connectivity index (χ3n) is 5.75. The molecule has 0 fully saturated rings. The van der Waals surface area contributed by atoms with Gasteiger partial charge in [0.05, 0.1) is 9.75 Å². The number of H-pyrrole nitrogens is 2. The van der Waals surface area contributed by atoms with E-state index in [9.17, 15) is 0 Å². The molecule has 0 saturated carbocycles. The molecule has 4 rings (SSSR count). The Labute approximate surface area is 286 Å². The van der Waals surface area contributed by atoms with E-state index in [0.29, 0.717) is 20.1 Å². The number of aromatic amines is 2.